The van der Waals surface area contributed by atoms with Gasteiger partial charge in [0.05, 0.1) is 4.90 Å². The van der Waals surface area contributed by atoms with Crippen molar-refractivity contribution >= 4 is 11.8 Å². The minimum Gasteiger partial charge on any atom is -0.330 e. The fourth-order valence-corrected chi connectivity index (χ4v) is 2.10. The predicted molar refractivity (Wildman–Crippen MR) is 65.3 cm³/mol. The van der Waals surface area contributed by atoms with Gasteiger partial charge in [-0.2, -0.15) is 0 Å². The molecule has 0 atom stereocenters. The van der Waals surface area contributed by atoms with Gasteiger partial charge in [-0.15, -0.1) is 0 Å². The molecule has 2 rings (SSSR count). The van der Waals surface area contributed by atoms with E-state index in [4.69, 9.17) is 5.73 Å². The lowest BCUT2D eigenvalue weighted by Gasteiger charge is -2.04. The predicted octanol–water partition coefficient (Wildman–Crippen LogP) is 2.27. The molecule has 17 heavy (non-hydrogen) atoms. The van der Waals surface area contributed by atoms with Crippen molar-refractivity contribution in [2.75, 3.05) is 6.54 Å². The van der Waals surface area contributed by atoms with E-state index in [0.29, 0.717) is 23.0 Å². The molecule has 0 aliphatic rings. The molecule has 3 nitrogen and oxygen atoms in total. The molecule has 2 aromatic rings. The molecule has 0 unspecified atom stereocenters. The number of nitrogens with two attached hydrogens (primary N) is 1. The summed E-state index contributed by atoms with van der Waals surface area (Å²) < 4.78 is 13.7. The van der Waals surface area contributed by atoms with Crippen LogP contribution in [0.1, 0.15) is 5.56 Å². The molecule has 1 heterocycles. The Bertz CT molecular complexity index is 490. The summed E-state index contributed by atoms with van der Waals surface area (Å²) in [6.45, 7) is 0.522. The lowest BCUT2D eigenvalue weighted by atomic mass is 10.1. The van der Waals surface area contributed by atoms with E-state index in [1.165, 1.54) is 17.8 Å². The van der Waals surface area contributed by atoms with Crippen molar-refractivity contribution in [2.45, 2.75) is 16.5 Å². The van der Waals surface area contributed by atoms with E-state index in [2.05, 4.69) is 9.97 Å². The maximum Gasteiger partial charge on any atom is 0.192 e. The summed E-state index contributed by atoms with van der Waals surface area (Å²) in [5, 5.41) is 0.540. The number of benzene rings is 1. The van der Waals surface area contributed by atoms with Gasteiger partial charge in [0, 0.05) is 12.4 Å². The van der Waals surface area contributed by atoms with Crippen molar-refractivity contribution in [3.8, 4) is 0 Å². The van der Waals surface area contributed by atoms with Gasteiger partial charge >= 0.3 is 0 Å². The summed E-state index contributed by atoms with van der Waals surface area (Å²) in [6, 6.07) is 6.85. The van der Waals surface area contributed by atoms with Gasteiger partial charge in [-0.1, -0.05) is 6.07 Å². The minimum atomic E-state index is -0.256. The van der Waals surface area contributed by atoms with E-state index < -0.39 is 0 Å². The average molecular weight is 249 g/mol. The summed E-state index contributed by atoms with van der Waals surface area (Å²) in [5.74, 6) is -0.256. The number of hydrogen-bond donors (Lipinski definition) is 1. The molecule has 0 fully saturated rings. The summed E-state index contributed by atoms with van der Waals surface area (Å²) in [6.07, 6.45) is 3.95. The van der Waals surface area contributed by atoms with Crippen molar-refractivity contribution < 1.29 is 4.39 Å². The number of halogens is 1. The first-order valence-corrected chi connectivity index (χ1v) is 6.04. The molecule has 1 aromatic heterocycles. The highest BCUT2D eigenvalue weighted by atomic mass is 32.2. The molecule has 88 valence electrons. The van der Waals surface area contributed by atoms with Crippen molar-refractivity contribution in [3.63, 3.8) is 0 Å². The highest BCUT2D eigenvalue weighted by molar-refractivity contribution is 7.99. The topological polar surface area (TPSA) is 51.8 Å². The first-order valence-electron chi connectivity index (χ1n) is 5.23. The van der Waals surface area contributed by atoms with Gasteiger partial charge in [0.15, 0.2) is 5.16 Å². The van der Waals surface area contributed by atoms with Crippen LogP contribution in [0.25, 0.3) is 0 Å². The minimum absolute atomic E-state index is 0.256. The Hall–Kier alpha value is -1.46. The zero-order chi connectivity index (χ0) is 12.1. The van der Waals surface area contributed by atoms with Gasteiger partial charge in [-0.25, -0.2) is 14.4 Å². The van der Waals surface area contributed by atoms with E-state index in [-0.39, 0.29) is 5.82 Å². The molecular weight excluding hydrogens is 237 g/mol. The van der Waals surface area contributed by atoms with E-state index >= 15 is 0 Å². The van der Waals surface area contributed by atoms with E-state index in [0.717, 1.165) is 5.56 Å². The molecule has 2 N–H and O–H groups in total. The van der Waals surface area contributed by atoms with Gasteiger partial charge in [-0.3, -0.25) is 0 Å². The fourth-order valence-electron chi connectivity index (χ4n) is 1.39. The highest BCUT2D eigenvalue weighted by Crippen LogP contribution is 2.27. The van der Waals surface area contributed by atoms with E-state index in [1.54, 1.807) is 24.5 Å². The third-order valence-corrected chi connectivity index (χ3v) is 3.12. The average Bonchev–Trinajstić information content (AvgIpc) is 2.34. The SMILES string of the molecule is NCCc1ccc(Sc2ncccn2)c(F)c1. The van der Waals surface area contributed by atoms with Crippen molar-refractivity contribution in [3.05, 3.63) is 48.0 Å². The maximum atomic E-state index is 13.7. The van der Waals surface area contributed by atoms with Crippen LogP contribution < -0.4 is 5.73 Å². The van der Waals surface area contributed by atoms with Gasteiger partial charge < -0.3 is 5.73 Å². The summed E-state index contributed by atoms with van der Waals surface area (Å²) >= 11 is 1.21. The van der Waals surface area contributed by atoms with Crippen molar-refractivity contribution in [2.24, 2.45) is 5.73 Å². The largest absolute Gasteiger partial charge is 0.330 e. The summed E-state index contributed by atoms with van der Waals surface area (Å²) in [4.78, 5) is 8.60. The molecule has 0 aliphatic heterocycles. The molecule has 1 aromatic carbocycles. The van der Waals surface area contributed by atoms with E-state index in [1.807, 2.05) is 6.07 Å². The van der Waals surface area contributed by atoms with Crippen LogP contribution in [-0.2, 0) is 6.42 Å². The van der Waals surface area contributed by atoms with Gasteiger partial charge in [0.25, 0.3) is 0 Å². The molecule has 0 bridgehead atoms. The molecule has 0 saturated heterocycles. The Balaban J connectivity index is 2.17. The summed E-state index contributed by atoms with van der Waals surface area (Å²) in [5.41, 5.74) is 6.33. The Morgan fingerprint density at radius 3 is 2.65 bits per heavy atom. The Morgan fingerprint density at radius 1 is 1.24 bits per heavy atom. The first-order chi connectivity index (χ1) is 8.29. The monoisotopic (exact) mass is 249 g/mol. The normalized spacial score (nSPS) is 10.5. The van der Waals surface area contributed by atoms with Crippen LogP contribution in [0.15, 0.2) is 46.7 Å². The molecule has 0 saturated carbocycles. The lowest BCUT2D eigenvalue weighted by Crippen LogP contribution is -2.03. The molecule has 0 aliphatic carbocycles. The third-order valence-electron chi connectivity index (χ3n) is 2.17. The van der Waals surface area contributed by atoms with Crippen molar-refractivity contribution in [1.82, 2.24) is 9.97 Å². The third kappa shape index (κ3) is 3.25. The highest BCUT2D eigenvalue weighted by Gasteiger charge is 2.06. The summed E-state index contributed by atoms with van der Waals surface area (Å²) in [7, 11) is 0. The van der Waals surface area contributed by atoms with Crippen molar-refractivity contribution in [1.29, 1.82) is 0 Å². The van der Waals surface area contributed by atoms with Gasteiger partial charge in [0.2, 0.25) is 0 Å². The molecule has 0 spiro atoms. The quantitative estimate of drug-likeness (QED) is 0.844. The second-order valence-corrected chi connectivity index (χ2v) is 4.45. The number of hydrogen-bond acceptors (Lipinski definition) is 4. The van der Waals surface area contributed by atoms with Gasteiger partial charge in [-0.05, 0) is 48.5 Å². The Kier molecular flexibility index (Phi) is 4.06. The number of aromatic nitrogens is 2. The molecular formula is C12H12FN3S. The van der Waals surface area contributed by atoms with Crippen LogP contribution in [-0.4, -0.2) is 16.5 Å². The van der Waals surface area contributed by atoms with Crippen LogP contribution in [0.4, 0.5) is 4.39 Å². The Labute approximate surface area is 103 Å². The van der Waals surface area contributed by atoms with Gasteiger partial charge in [0.1, 0.15) is 5.82 Å². The zero-order valence-corrected chi connectivity index (χ0v) is 9.95. The molecule has 0 amide bonds. The second-order valence-electron chi connectivity index (χ2n) is 3.44. The zero-order valence-electron chi connectivity index (χ0n) is 9.14. The Morgan fingerprint density at radius 2 is 2.00 bits per heavy atom. The first kappa shape index (κ1) is 12.0. The molecule has 0 radical (unpaired) electrons. The maximum absolute atomic E-state index is 13.7. The second kappa shape index (κ2) is 5.75. The molecule has 5 heteroatoms. The van der Waals surface area contributed by atoms with Crippen LogP contribution in [0.5, 0.6) is 0 Å². The lowest BCUT2D eigenvalue weighted by molar-refractivity contribution is 0.599. The van der Waals surface area contributed by atoms with Crippen LogP contribution >= 0.6 is 11.8 Å². The van der Waals surface area contributed by atoms with Crippen LogP contribution in [0.2, 0.25) is 0 Å². The van der Waals surface area contributed by atoms with E-state index in [9.17, 15) is 4.39 Å². The smallest absolute Gasteiger partial charge is 0.192 e. The van der Waals surface area contributed by atoms with Crippen LogP contribution in [0, 0.1) is 5.82 Å². The van der Waals surface area contributed by atoms with Crippen LogP contribution in [0.3, 0.4) is 0 Å². The standard InChI is InChI=1S/C12H12FN3S/c13-10-8-9(4-5-14)2-3-11(10)17-12-15-6-1-7-16-12/h1-3,6-8H,4-5,14H2. The fraction of sp³-hybridized carbons (Fsp3) is 0.167. The number of nitrogens with zero attached hydrogens (tertiary/aromatic N) is 2. The number of rotatable bonds is 4.